The molecule has 1 atom stereocenters. The number of hydrogen-bond acceptors (Lipinski definition) is 4. The zero-order valence-corrected chi connectivity index (χ0v) is 18.0. The molecule has 0 radical (unpaired) electrons. The lowest BCUT2D eigenvalue weighted by Crippen LogP contribution is -2.30. The Morgan fingerprint density at radius 2 is 1.55 bits per heavy atom. The van der Waals surface area contributed by atoms with E-state index in [4.69, 9.17) is 9.47 Å². The molecule has 0 spiro atoms. The van der Waals surface area contributed by atoms with Crippen molar-refractivity contribution >= 4 is 11.9 Å². The highest BCUT2D eigenvalue weighted by Gasteiger charge is 2.21. The smallest absolute Gasteiger partial charge is 0.308 e. The van der Waals surface area contributed by atoms with E-state index in [2.05, 4.69) is 26.1 Å². The van der Waals surface area contributed by atoms with Gasteiger partial charge in [-0.1, -0.05) is 45.0 Å². The van der Waals surface area contributed by atoms with E-state index in [1.807, 2.05) is 55.5 Å². The summed E-state index contributed by atoms with van der Waals surface area (Å²) in [6.45, 7) is 10.9. The van der Waals surface area contributed by atoms with Crippen LogP contribution < -0.4 is 10.1 Å². The van der Waals surface area contributed by atoms with Gasteiger partial charge in [-0.3, -0.25) is 9.59 Å². The average molecular weight is 398 g/mol. The van der Waals surface area contributed by atoms with Crippen molar-refractivity contribution in [3.8, 4) is 5.75 Å². The number of nitrogens with one attached hydrogen (secondary N) is 1. The summed E-state index contributed by atoms with van der Waals surface area (Å²) in [6.07, 6.45) is 0.0631. The van der Waals surface area contributed by atoms with Crippen molar-refractivity contribution in [3.05, 3.63) is 65.2 Å². The van der Waals surface area contributed by atoms with Crippen LogP contribution in [0.4, 0.5) is 0 Å². The molecular weight excluding hydrogens is 366 g/mol. The monoisotopic (exact) mass is 397 g/mol. The highest BCUT2D eigenvalue weighted by atomic mass is 16.5. The van der Waals surface area contributed by atoms with Crippen LogP contribution in [0, 0.1) is 0 Å². The molecule has 0 unspecified atom stereocenters. The Hall–Kier alpha value is -2.82. The summed E-state index contributed by atoms with van der Waals surface area (Å²) in [5.41, 5.74) is 2.55. The zero-order valence-electron chi connectivity index (χ0n) is 18.0. The first-order valence-corrected chi connectivity index (χ1v) is 10.0. The van der Waals surface area contributed by atoms with E-state index in [0.29, 0.717) is 18.8 Å². The maximum Gasteiger partial charge on any atom is 0.308 e. The molecule has 5 heteroatoms. The van der Waals surface area contributed by atoms with Gasteiger partial charge in [-0.2, -0.15) is 0 Å². The normalized spacial score (nSPS) is 12.2. The van der Waals surface area contributed by atoms with Crippen LogP contribution in [0.25, 0.3) is 0 Å². The SMILES string of the molecule is CCOC(=O)C[C@@H](NC(=O)c1ccc(C(C)(C)C)cc1)c1ccc(OCC)cc1. The van der Waals surface area contributed by atoms with Gasteiger partial charge in [-0.05, 0) is 54.7 Å². The molecule has 0 aliphatic heterocycles. The average Bonchev–Trinajstić information content (AvgIpc) is 2.68. The summed E-state index contributed by atoms with van der Waals surface area (Å²) >= 11 is 0. The van der Waals surface area contributed by atoms with Crippen molar-refractivity contribution in [1.29, 1.82) is 0 Å². The van der Waals surface area contributed by atoms with E-state index in [9.17, 15) is 9.59 Å². The minimum Gasteiger partial charge on any atom is -0.494 e. The van der Waals surface area contributed by atoms with Gasteiger partial charge in [-0.25, -0.2) is 0 Å². The third-order valence-electron chi connectivity index (χ3n) is 4.59. The molecule has 0 aliphatic carbocycles. The summed E-state index contributed by atoms with van der Waals surface area (Å²) in [4.78, 5) is 24.9. The van der Waals surface area contributed by atoms with Crippen LogP contribution in [0.15, 0.2) is 48.5 Å². The Labute approximate surface area is 173 Å². The van der Waals surface area contributed by atoms with Crippen LogP contribution in [-0.2, 0) is 14.9 Å². The summed E-state index contributed by atoms with van der Waals surface area (Å²) in [5.74, 6) is 0.165. The van der Waals surface area contributed by atoms with E-state index in [1.165, 1.54) is 0 Å². The summed E-state index contributed by atoms with van der Waals surface area (Å²) in [5, 5.41) is 2.97. The first-order valence-electron chi connectivity index (χ1n) is 10.0. The fourth-order valence-electron chi connectivity index (χ4n) is 2.97. The lowest BCUT2D eigenvalue weighted by atomic mass is 9.86. The van der Waals surface area contributed by atoms with Crippen molar-refractivity contribution in [2.75, 3.05) is 13.2 Å². The predicted molar refractivity (Wildman–Crippen MR) is 114 cm³/mol. The van der Waals surface area contributed by atoms with Gasteiger partial charge in [0.2, 0.25) is 0 Å². The molecular formula is C24H31NO4. The Morgan fingerprint density at radius 1 is 0.931 bits per heavy atom. The molecule has 0 saturated carbocycles. The Bertz CT molecular complexity index is 804. The van der Waals surface area contributed by atoms with Crippen molar-refractivity contribution < 1.29 is 19.1 Å². The predicted octanol–water partition coefficient (Wildman–Crippen LogP) is 4.81. The number of ether oxygens (including phenoxy) is 2. The molecule has 2 aromatic rings. The molecule has 156 valence electrons. The molecule has 0 fully saturated rings. The van der Waals surface area contributed by atoms with Gasteiger partial charge < -0.3 is 14.8 Å². The lowest BCUT2D eigenvalue weighted by molar-refractivity contribution is -0.143. The first kappa shape index (κ1) is 22.5. The van der Waals surface area contributed by atoms with E-state index in [0.717, 1.165) is 16.9 Å². The molecule has 0 aliphatic rings. The van der Waals surface area contributed by atoms with Gasteiger partial charge in [-0.15, -0.1) is 0 Å². The standard InChI is InChI=1S/C24H31NO4/c1-6-28-20-14-10-17(11-15-20)21(16-22(26)29-7-2)25-23(27)18-8-12-19(13-9-18)24(3,4)5/h8-15,21H,6-7,16H2,1-5H3,(H,25,27)/t21-/m1/s1. The second-order valence-electron chi connectivity index (χ2n) is 7.86. The molecule has 29 heavy (non-hydrogen) atoms. The Kier molecular flexibility index (Phi) is 7.82. The van der Waals surface area contributed by atoms with E-state index >= 15 is 0 Å². The number of rotatable bonds is 8. The number of carbonyl (C=O) groups excluding carboxylic acids is 2. The summed E-state index contributed by atoms with van der Waals surface area (Å²) < 4.78 is 10.6. The minimum absolute atomic E-state index is 0.0176. The van der Waals surface area contributed by atoms with Crippen molar-refractivity contribution in [2.24, 2.45) is 0 Å². The number of hydrogen-bond donors (Lipinski definition) is 1. The highest BCUT2D eigenvalue weighted by molar-refractivity contribution is 5.94. The number of benzene rings is 2. The molecule has 0 aromatic heterocycles. The first-order chi connectivity index (χ1) is 13.7. The number of amides is 1. The molecule has 2 aromatic carbocycles. The van der Waals surface area contributed by atoms with E-state index in [-0.39, 0.29) is 23.7 Å². The summed E-state index contributed by atoms with van der Waals surface area (Å²) in [7, 11) is 0. The highest BCUT2D eigenvalue weighted by Crippen LogP contribution is 2.24. The van der Waals surface area contributed by atoms with Crippen molar-refractivity contribution in [3.63, 3.8) is 0 Å². The molecule has 1 amide bonds. The van der Waals surface area contributed by atoms with E-state index < -0.39 is 6.04 Å². The largest absolute Gasteiger partial charge is 0.494 e. The van der Waals surface area contributed by atoms with Crippen LogP contribution >= 0.6 is 0 Å². The maximum atomic E-state index is 12.8. The van der Waals surface area contributed by atoms with Crippen molar-refractivity contribution in [2.45, 2.75) is 52.5 Å². The van der Waals surface area contributed by atoms with Gasteiger partial charge in [0.15, 0.2) is 0 Å². The number of carbonyl (C=O) groups is 2. The maximum absolute atomic E-state index is 12.8. The molecule has 1 N–H and O–H groups in total. The molecule has 0 saturated heterocycles. The summed E-state index contributed by atoms with van der Waals surface area (Å²) in [6, 6.07) is 14.5. The third kappa shape index (κ3) is 6.63. The van der Waals surface area contributed by atoms with Crippen LogP contribution in [0.2, 0.25) is 0 Å². The third-order valence-corrected chi connectivity index (χ3v) is 4.59. The lowest BCUT2D eigenvalue weighted by Gasteiger charge is -2.21. The second-order valence-corrected chi connectivity index (χ2v) is 7.86. The fraction of sp³-hybridized carbons (Fsp3) is 0.417. The van der Waals surface area contributed by atoms with Crippen LogP contribution in [0.5, 0.6) is 5.75 Å². The Morgan fingerprint density at radius 3 is 2.07 bits per heavy atom. The van der Waals surface area contributed by atoms with Gasteiger partial charge >= 0.3 is 5.97 Å². The molecule has 5 nitrogen and oxygen atoms in total. The zero-order chi connectivity index (χ0) is 21.4. The van der Waals surface area contributed by atoms with Gasteiger partial charge in [0.1, 0.15) is 5.75 Å². The quantitative estimate of drug-likeness (QED) is 0.650. The van der Waals surface area contributed by atoms with Gasteiger partial charge in [0.05, 0.1) is 25.7 Å². The van der Waals surface area contributed by atoms with Crippen molar-refractivity contribution in [1.82, 2.24) is 5.32 Å². The van der Waals surface area contributed by atoms with Crippen LogP contribution in [0.1, 0.15) is 68.6 Å². The second kappa shape index (κ2) is 10.1. The Balaban J connectivity index is 2.19. The molecule has 0 bridgehead atoms. The molecule has 0 heterocycles. The van der Waals surface area contributed by atoms with Gasteiger partial charge in [0.25, 0.3) is 5.91 Å². The van der Waals surface area contributed by atoms with Crippen LogP contribution in [0.3, 0.4) is 0 Å². The number of esters is 1. The fourth-order valence-corrected chi connectivity index (χ4v) is 2.97. The minimum atomic E-state index is -0.487. The van der Waals surface area contributed by atoms with E-state index in [1.54, 1.807) is 6.92 Å². The van der Waals surface area contributed by atoms with Crippen LogP contribution in [-0.4, -0.2) is 25.1 Å². The molecule has 2 rings (SSSR count). The van der Waals surface area contributed by atoms with Gasteiger partial charge in [0, 0.05) is 5.56 Å². The topological polar surface area (TPSA) is 64.6 Å².